The fourth-order valence-electron chi connectivity index (χ4n) is 2.90. The summed E-state index contributed by atoms with van der Waals surface area (Å²) in [5.74, 6) is -3.28. The highest BCUT2D eigenvalue weighted by Gasteiger charge is 2.37. The molecule has 2 rings (SSSR count). The van der Waals surface area contributed by atoms with E-state index in [4.69, 9.17) is 4.74 Å². The first-order chi connectivity index (χ1) is 11.2. The topological polar surface area (TPSA) is 92.7 Å². The highest BCUT2D eigenvalue weighted by Crippen LogP contribution is 2.36. The minimum Gasteiger partial charge on any atom is -0.481 e. The number of carbonyl (C=O) groups is 3. The zero-order chi connectivity index (χ0) is 18.0. The zero-order valence-electron chi connectivity index (χ0n) is 14.1. The molecule has 2 atom stereocenters. The number of carboxylic acids is 1. The van der Waals surface area contributed by atoms with Crippen LogP contribution in [0.4, 0.5) is 5.00 Å². The van der Waals surface area contributed by atoms with Crippen molar-refractivity contribution >= 4 is 34.2 Å². The average molecular weight is 351 g/mol. The van der Waals surface area contributed by atoms with Crippen molar-refractivity contribution in [3.8, 4) is 0 Å². The summed E-state index contributed by atoms with van der Waals surface area (Å²) in [6.45, 7) is 5.64. The Kier molecular flexibility index (Phi) is 5.43. The Bertz CT molecular complexity index is 719. The molecule has 130 valence electrons. The van der Waals surface area contributed by atoms with Crippen LogP contribution >= 0.6 is 11.3 Å². The van der Waals surface area contributed by atoms with Crippen LogP contribution < -0.4 is 5.32 Å². The lowest BCUT2D eigenvalue weighted by atomic mass is 9.76. The third-order valence-corrected chi connectivity index (χ3v) is 5.38. The SMILES string of the molecule is COC(=O)c1cc(C)sc1NC(=O)[C@@H]1CC(C)=C(C)C[C@H]1C(=O)O. The number of ether oxygens (including phenoxy) is 1. The van der Waals surface area contributed by atoms with Crippen LogP contribution in [0, 0.1) is 18.8 Å². The fraction of sp³-hybridized carbons (Fsp3) is 0.471. The molecule has 1 aromatic heterocycles. The predicted octanol–water partition coefficient (Wildman–Crippen LogP) is 3.23. The predicted molar refractivity (Wildman–Crippen MR) is 91.2 cm³/mol. The lowest BCUT2D eigenvalue weighted by molar-refractivity contribution is -0.146. The molecule has 1 aromatic rings. The molecule has 1 aliphatic rings. The van der Waals surface area contributed by atoms with E-state index in [0.29, 0.717) is 23.4 Å². The van der Waals surface area contributed by atoms with Crippen LogP contribution in [-0.2, 0) is 14.3 Å². The highest BCUT2D eigenvalue weighted by atomic mass is 32.1. The maximum atomic E-state index is 12.7. The number of carboxylic acid groups (broad SMARTS) is 1. The van der Waals surface area contributed by atoms with E-state index in [-0.39, 0.29) is 5.91 Å². The zero-order valence-corrected chi connectivity index (χ0v) is 15.0. The van der Waals surface area contributed by atoms with Crippen LogP contribution in [0.15, 0.2) is 17.2 Å². The number of aryl methyl sites for hydroxylation is 1. The second-order valence-corrected chi connectivity index (χ2v) is 7.36. The van der Waals surface area contributed by atoms with Gasteiger partial charge in [0.25, 0.3) is 0 Å². The van der Waals surface area contributed by atoms with Crippen molar-refractivity contribution in [1.82, 2.24) is 0 Å². The quantitative estimate of drug-likeness (QED) is 0.642. The molecule has 0 fully saturated rings. The van der Waals surface area contributed by atoms with Gasteiger partial charge in [-0.25, -0.2) is 4.79 Å². The molecule has 0 saturated carbocycles. The molecule has 1 heterocycles. The van der Waals surface area contributed by atoms with E-state index >= 15 is 0 Å². The number of rotatable bonds is 4. The second-order valence-electron chi connectivity index (χ2n) is 6.10. The first-order valence-corrected chi connectivity index (χ1v) is 8.43. The van der Waals surface area contributed by atoms with Gasteiger partial charge in [-0.3, -0.25) is 9.59 Å². The number of anilines is 1. The summed E-state index contributed by atoms with van der Waals surface area (Å²) < 4.78 is 4.72. The summed E-state index contributed by atoms with van der Waals surface area (Å²) >= 11 is 1.27. The number of methoxy groups -OCH3 is 1. The molecular weight excluding hydrogens is 330 g/mol. The van der Waals surface area contributed by atoms with Crippen LogP contribution in [-0.4, -0.2) is 30.1 Å². The Morgan fingerprint density at radius 3 is 2.29 bits per heavy atom. The number of hydrogen-bond acceptors (Lipinski definition) is 5. The summed E-state index contributed by atoms with van der Waals surface area (Å²) in [7, 11) is 1.28. The van der Waals surface area contributed by atoms with Gasteiger partial charge in [-0.2, -0.15) is 0 Å². The van der Waals surface area contributed by atoms with Gasteiger partial charge in [0.2, 0.25) is 5.91 Å². The lowest BCUT2D eigenvalue weighted by Crippen LogP contribution is -2.36. The van der Waals surface area contributed by atoms with Crippen molar-refractivity contribution in [3.05, 3.63) is 27.7 Å². The van der Waals surface area contributed by atoms with Crippen molar-refractivity contribution in [1.29, 1.82) is 0 Å². The van der Waals surface area contributed by atoms with Gasteiger partial charge in [-0.05, 0) is 39.7 Å². The van der Waals surface area contributed by atoms with Gasteiger partial charge in [0.1, 0.15) is 5.00 Å². The van der Waals surface area contributed by atoms with Crippen LogP contribution in [0.5, 0.6) is 0 Å². The number of aliphatic carboxylic acids is 1. The summed E-state index contributed by atoms with van der Waals surface area (Å²) in [6, 6.07) is 1.65. The van der Waals surface area contributed by atoms with E-state index in [1.54, 1.807) is 6.07 Å². The molecule has 1 aliphatic carbocycles. The number of carbonyl (C=O) groups excluding carboxylic acids is 2. The minimum atomic E-state index is -0.974. The number of amides is 1. The number of nitrogens with one attached hydrogen (secondary N) is 1. The van der Waals surface area contributed by atoms with Crippen LogP contribution in [0.2, 0.25) is 0 Å². The summed E-state index contributed by atoms with van der Waals surface area (Å²) in [6.07, 6.45) is 0.777. The molecule has 7 heteroatoms. The molecule has 1 amide bonds. The Morgan fingerprint density at radius 1 is 1.17 bits per heavy atom. The Hall–Kier alpha value is -2.15. The first-order valence-electron chi connectivity index (χ1n) is 7.62. The van der Waals surface area contributed by atoms with E-state index in [9.17, 15) is 19.5 Å². The van der Waals surface area contributed by atoms with Gasteiger partial charge in [0.15, 0.2) is 0 Å². The normalized spacial score (nSPS) is 20.7. The van der Waals surface area contributed by atoms with E-state index < -0.39 is 23.8 Å². The first kappa shape index (κ1) is 18.2. The van der Waals surface area contributed by atoms with Crippen molar-refractivity contribution in [3.63, 3.8) is 0 Å². The molecule has 0 unspecified atom stereocenters. The van der Waals surface area contributed by atoms with Gasteiger partial charge >= 0.3 is 11.9 Å². The molecule has 0 bridgehead atoms. The second kappa shape index (κ2) is 7.17. The van der Waals surface area contributed by atoms with Crippen molar-refractivity contribution in [2.24, 2.45) is 11.8 Å². The Balaban J connectivity index is 2.26. The molecule has 0 spiro atoms. The van der Waals surface area contributed by atoms with Crippen LogP contribution in [0.25, 0.3) is 0 Å². The van der Waals surface area contributed by atoms with Gasteiger partial charge in [0, 0.05) is 4.88 Å². The molecule has 0 radical (unpaired) electrons. The summed E-state index contributed by atoms with van der Waals surface area (Å²) in [5, 5.41) is 12.6. The van der Waals surface area contributed by atoms with Crippen molar-refractivity contribution < 1.29 is 24.2 Å². The van der Waals surface area contributed by atoms with E-state index in [0.717, 1.165) is 16.0 Å². The van der Waals surface area contributed by atoms with Crippen molar-refractivity contribution in [2.75, 3.05) is 12.4 Å². The number of esters is 1. The minimum absolute atomic E-state index is 0.291. The molecule has 0 aliphatic heterocycles. The van der Waals surface area contributed by atoms with Crippen LogP contribution in [0.1, 0.15) is 41.9 Å². The fourth-order valence-corrected chi connectivity index (χ4v) is 3.80. The Morgan fingerprint density at radius 2 is 1.75 bits per heavy atom. The van der Waals surface area contributed by atoms with Crippen molar-refractivity contribution in [2.45, 2.75) is 33.6 Å². The standard InChI is InChI=1S/C17H21NO5S/c1-8-5-11(12(16(20)21)6-9(8)2)14(19)18-15-13(17(22)23-4)7-10(3)24-15/h7,11-12H,5-6H2,1-4H3,(H,18,19)(H,20,21)/t11-,12-/m1/s1. The van der Waals surface area contributed by atoms with Gasteiger partial charge < -0.3 is 15.2 Å². The van der Waals surface area contributed by atoms with E-state index in [2.05, 4.69) is 5.32 Å². The molecule has 2 N–H and O–H groups in total. The van der Waals surface area contributed by atoms with E-state index in [1.807, 2.05) is 20.8 Å². The Labute approximate surface area is 144 Å². The summed E-state index contributed by atoms with van der Waals surface area (Å²) in [5.41, 5.74) is 2.36. The molecule has 24 heavy (non-hydrogen) atoms. The lowest BCUT2D eigenvalue weighted by Gasteiger charge is -2.29. The van der Waals surface area contributed by atoms with Crippen LogP contribution in [0.3, 0.4) is 0 Å². The molecule has 0 saturated heterocycles. The molecular formula is C17H21NO5S. The maximum absolute atomic E-state index is 12.7. The summed E-state index contributed by atoms with van der Waals surface area (Å²) in [4.78, 5) is 36.9. The third-order valence-electron chi connectivity index (χ3n) is 4.42. The smallest absolute Gasteiger partial charge is 0.340 e. The van der Waals surface area contributed by atoms with E-state index in [1.165, 1.54) is 18.4 Å². The van der Waals surface area contributed by atoms with Gasteiger partial charge in [-0.1, -0.05) is 11.1 Å². The highest BCUT2D eigenvalue weighted by molar-refractivity contribution is 7.16. The largest absolute Gasteiger partial charge is 0.481 e. The van der Waals surface area contributed by atoms with Gasteiger partial charge in [0.05, 0.1) is 24.5 Å². The average Bonchev–Trinajstić information content (AvgIpc) is 2.88. The number of thiophene rings is 1. The molecule has 6 nitrogen and oxygen atoms in total. The third kappa shape index (κ3) is 3.67. The monoisotopic (exact) mass is 351 g/mol. The number of hydrogen-bond donors (Lipinski definition) is 2. The maximum Gasteiger partial charge on any atom is 0.340 e. The number of allylic oxidation sites excluding steroid dienone is 2. The van der Waals surface area contributed by atoms with Gasteiger partial charge in [-0.15, -0.1) is 11.3 Å². The molecule has 0 aromatic carbocycles.